The van der Waals surface area contributed by atoms with Gasteiger partial charge in [-0.3, -0.25) is 0 Å². The van der Waals surface area contributed by atoms with E-state index >= 15 is 0 Å². The minimum Gasteiger partial charge on any atom is -0.348 e. The first kappa shape index (κ1) is 15.6. The average molecular weight is 336 g/mol. The summed E-state index contributed by atoms with van der Waals surface area (Å²) in [4.78, 5) is 2.48. The van der Waals surface area contributed by atoms with Crippen LogP contribution < -0.4 is 4.90 Å². The predicted molar refractivity (Wildman–Crippen MR) is 92.7 cm³/mol. The molecule has 0 aromatic heterocycles. The molecule has 2 rings (SSSR count). The minimum absolute atomic E-state index is 1.14. The zero-order valence-corrected chi connectivity index (χ0v) is 14.2. The summed E-state index contributed by atoms with van der Waals surface area (Å²) in [5, 5.41) is 1.14. The first-order valence-corrected chi connectivity index (χ1v) is 9.01. The van der Waals surface area contributed by atoms with Gasteiger partial charge in [-0.2, -0.15) is 0 Å². The highest BCUT2D eigenvalue weighted by Gasteiger charge is 2.11. The Morgan fingerprint density at radius 2 is 1.85 bits per heavy atom. The summed E-state index contributed by atoms with van der Waals surface area (Å²) in [6.07, 6.45) is 11.3. The number of unbranched alkanes of at least 4 members (excludes halogenated alkanes) is 3. The number of hydrogen-bond donors (Lipinski definition) is 0. The summed E-state index contributed by atoms with van der Waals surface area (Å²) in [7, 11) is 0. The number of allylic oxidation sites excluding steroid dienone is 1. The molecule has 0 saturated heterocycles. The molecule has 1 aliphatic rings. The number of rotatable bonds is 6. The topological polar surface area (TPSA) is 3.24 Å². The Morgan fingerprint density at radius 1 is 1.05 bits per heavy atom. The number of alkyl halides is 1. The van der Waals surface area contributed by atoms with Gasteiger partial charge in [0.25, 0.3) is 0 Å². The van der Waals surface area contributed by atoms with Gasteiger partial charge in [-0.25, -0.2) is 0 Å². The van der Waals surface area contributed by atoms with Crippen molar-refractivity contribution in [1.82, 2.24) is 0 Å². The number of aryl methyl sites for hydroxylation is 1. The van der Waals surface area contributed by atoms with Crippen LogP contribution in [0.4, 0.5) is 5.69 Å². The average Bonchev–Trinajstić information content (AvgIpc) is 2.44. The van der Waals surface area contributed by atoms with Gasteiger partial charge >= 0.3 is 0 Å². The van der Waals surface area contributed by atoms with Gasteiger partial charge < -0.3 is 4.90 Å². The molecule has 1 aliphatic heterocycles. The van der Waals surface area contributed by atoms with Crippen LogP contribution in [0.15, 0.2) is 36.0 Å². The Bertz CT molecular complexity index is 439. The highest BCUT2D eigenvalue weighted by atomic mass is 79.9. The molecule has 2 heteroatoms. The van der Waals surface area contributed by atoms with E-state index in [2.05, 4.69) is 58.2 Å². The molecule has 0 fully saturated rings. The third-order valence-corrected chi connectivity index (χ3v) is 4.54. The number of hydrogen-bond acceptors (Lipinski definition) is 1. The number of nitrogens with zero attached hydrogens (tertiary/aromatic N) is 1. The fourth-order valence-corrected chi connectivity index (χ4v) is 3.27. The van der Waals surface area contributed by atoms with Crippen molar-refractivity contribution >= 4 is 21.6 Å². The van der Waals surface area contributed by atoms with E-state index < -0.39 is 0 Å². The molecule has 1 heterocycles. The van der Waals surface area contributed by atoms with E-state index in [1.165, 1.54) is 61.8 Å². The molecule has 0 N–H and O–H groups in total. The Kier molecular flexibility index (Phi) is 6.65. The summed E-state index contributed by atoms with van der Waals surface area (Å²) in [6.45, 7) is 3.42. The SMILES string of the molecule is C/C1=C/N(CCCCCCBr)c2ccccc2CCC1. The van der Waals surface area contributed by atoms with Gasteiger partial charge in [-0.15, -0.1) is 0 Å². The quantitative estimate of drug-likeness (QED) is 0.476. The normalized spacial score (nSPS) is 17.9. The molecule has 0 unspecified atom stereocenters. The molecule has 0 atom stereocenters. The zero-order valence-electron chi connectivity index (χ0n) is 12.6. The van der Waals surface area contributed by atoms with E-state index in [4.69, 9.17) is 0 Å². The van der Waals surface area contributed by atoms with Crippen LogP contribution in [0.3, 0.4) is 0 Å². The molecular weight excluding hydrogens is 310 g/mol. The van der Waals surface area contributed by atoms with Crippen molar-refractivity contribution in [3.63, 3.8) is 0 Å². The van der Waals surface area contributed by atoms with Crippen molar-refractivity contribution in [3.05, 3.63) is 41.6 Å². The van der Waals surface area contributed by atoms with Gasteiger partial charge in [0.1, 0.15) is 0 Å². The monoisotopic (exact) mass is 335 g/mol. The third-order valence-electron chi connectivity index (χ3n) is 3.98. The van der Waals surface area contributed by atoms with Gasteiger partial charge in [0.2, 0.25) is 0 Å². The molecule has 110 valence electrons. The van der Waals surface area contributed by atoms with Crippen LogP contribution in [-0.4, -0.2) is 11.9 Å². The van der Waals surface area contributed by atoms with E-state index in [1.54, 1.807) is 0 Å². The largest absolute Gasteiger partial charge is 0.348 e. The predicted octanol–water partition coefficient (Wildman–Crippen LogP) is 5.69. The lowest BCUT2D eigenvalue weighted by molar-refractivity contribution is 0.666. The van der Waals surface area contributed by atoms with Crippen molar-refractivity contribution < 1.29 is 0 Å². The van der Waals surface area contributed by atoms with Gasteiger partial charge in [-0.05, 0) is 50.7 Å². The van der Waals surface area contributed by atoms with E-state index in [0.29, 0.717) is 0 Å². The van der Waals surface area contributed by atoms with Crippen molar-refractivity contribution in [2.75, 3.05) is 16.8 Å². The molecule has 0 amide bonds. The summed E-state index contributed by atoms with van der Waals surface area (Å²) < 4.78 is 0. The molecule has 0 radical (unpaired) electrons. The minimum atomic E-state index is 1.14. The van der Waals surface area contributed by atoms with Crippen molar-refractivity contribution in [2.45, 2.75) is 51.9 Å². The number of para-hydroxylation sites is 1. The van der Waals surface area contributed by atoms with Crippen LogP contribution in [0, 0.1) is 0 Å². The lowest BCUT2D eigenvalue weighted by Crippen LogP contribution is -2.20. The lowest BCUT2D eigenvalue weighted by Gasteiger charge is -2.26. The maximum atomic E-state index is 3.51. The number of fused-ring (bicyclic) bond motifs is 1. The van der Waals surface area contributed by atoms with Crippen LogP contribution in [0.5, 0.6) is 0 Å². The van der Waals surface area contributed by atoms with Crippen molar-refractivity contribution in [2.24, 2.45) is 0 Å². The van der Waals surface area contributed by atoms with E-state index in [0.717, 1.165) is 11.9 Å². The smallest absolute Gasteiger partial charge is 0.0438 e. The fraction of sp³-hybridized carbons (Fsp3) is 0.556. The molecule has 1 aromatic rings. The van der Waals surface area contributed by atoms with E-state index in [-0.39, 0.29) is 0 Å². The highest BCUT2D eigenvalue weighted by molar-refractivity contribution is 9.09. The van der Waals surface area contributed by atoms with Crippen LogP contribution >= 0.6 is 15.9 Å². The second kappa shape index (κ2) is 8.51. The van der Waals surface area contributed by atoms with Crippen molar-refractivity contribution in [1.29, 1.82) is 0 Å². The van der Waals surface area contributed by atoms with Crippen molar-refractivity contribution in [3.8, 4) is 0 Å². The van der Waals surface area contributed by atoms with Crippen LogP contribution in [0.25, 0.3) is 0 Å². The van der Waals surface area contributed by atoms with Crippen LogP contribution in [0.2, 0.25) is 0 Å². The molecule has 0 spiro atoms. The summed E-state index contributed by atoms with van der Waals surface area (Å²) >= 11 is 3.51. The Labute approximate surface area is 132 Å². The van der Waals surface area contributed by atoms with Gasteiger partial charge in [-0.1, -0.05) is 52.5 Å². The molecule has 1 nitrogen and oxygen atoms in total. The molecule has 0 saturated carbocycles. The summed E-state index contributed by atoms with van der Waals surface area (Å²) in [5.74, 6) is 0. The lowest BCUT2D eigenvalue weighted by atomic mass is 10.0. The molecule has 1 aromatic carbocycles. The fourth-order valence-electron chi connectivity index (χ4n) is 2.88. The van der Waals surface area contributed by atoms with Gasteiger partial charge in [0, 0.05) is 23.8 Å². The molecule has 20 heavy (non-hydrogen) atoms. The first-order chi connectivity index (χ1) is 9.81. The summed E-state index contributed by atoms with van der Waals surface area (Å²) in [6, 6.07) is 8.91. The van der Waals surface area contributed by atoms with Gasteiger partial charge in [0.05, 0.1) is 0 Å². The third kappa shape index (κ3) is 4.66. The Balaban J connectivity index is 2.03. The molecular formula is C18H26BrN. The van der Waals surface area contributed by atoms with E-state index in [9.17, 15) is 0 Å². The van der Waals surface area contributed by atoms with Gasteiger partial charge in [0.15, 0.2) is 0 Å². The number of benzene rings is 1. The maximum Gasteiger partial charge on any atom is 0.0438 e. The number of halogens is 1. The standard InChI is InChI=1S/C18H26BrN/c1-16-9-8-11-17-10-4-5-12-18(17)20(15-16)14-7-3-2-6-13-19/h4-5,10,12,15H,2-3,6-9,11,13-14H2,1H3/b16-15-. The molecule has 0 bridgehead atoms. The second-order valence-corrected chi connectivity index (χ2v) is 6.55. The zero-order chi connectivity index (χ0) is 14.2. The van der Waals surface area contributed by atoms with Crippen LogP contribution in [-0.2, 0) is 6.42 Å². The summed E-state index contributed by atoms with van der Waals surface area (Å²) in [5.41, 5.74) is 4.45. The first-order valence-electron chi connectivity index (χ1n) is 7.89. The Morgan fingerprint density at radius 3 is 2.70 bits per heavy atom. The number of anilines is 1. The Hall–Kier alpha value is -0.760. The maximum absolute atomic E-state index is 3.51. The highest BCUT2D eigenvalue weighted by Crippen LogP contribution is 2.27. The van der Waals surface area contributed by atoms with Crippen LogP contribution in [0.1, 0.15) is 51.0 Å². The molecule has 0 aliphatic carbocycles. The second-order valence-electron chi connectivity index (χ2n) is 5.75. The van der Waals surface area contributed by atoms with E-state index in [1.807, 2.05) is 0 Å².